The summed E-state index contributed by atoms with van der Waals surface area (Å²) >= 11 is 0. The van der Waals surface area contributed by atoms with Crippen molar-refractivity contribution >= 4 is 5.82 Å². The Labute approximate surface area is 88.4 Å². The van der Waals surface area contributed by atoms with Crippen LogP contribution in [0.4, 0.5) is 5.82 Å². The van der Waals surface area contributed by atoms with E-state index in [4.69, 9.17) is 4.42 Å². The molecule has 0 spiro atoms. The third-order valence-corrected chi connectivity index (χ3v) is 2.18. The number of hydrogen-bond donors (Lipinski definition) is 1. The van der Waals surface area contributed by atoms with Crippen LogP contribution in [0.1, 0.15) is 12.6 Å². The number of aromatic nitrogens is 2. The van der Waals surface area contributed by atoms with E-state index in [2.05, 4.69) is 22.2 Å². The van der Waals surface area contributed by atoms with Gasteiger partial charge in [0, 0.05) is 18.8 Å². The lowest BCUT2D eigenvalue weighted by molar-refractivity contribution is 0.568. The first kappa shape index (κ1) is 9.71. The molecule has 4 nitrogen and oxygen atoms in total. The lowest BCUT2D eigenvalue weighted by Gasteiger charge is -2.04. The monoisotopic (exact) mass is 203 g/mol. The van der Waals surface area contributed by atoms with Crippen LogP contribution in [0.5, 0.6) is 0 Å². The molecule has 0 bridgehead atoms. The maximum atomic E-state index is 5.02. The minimum atomic E-state index is 0.701. The normalized spacial score (nSPS) is 10.3. The molecule has 0 radical (unpaired) electrons. The van der Waals surface area contributed by atoms with Gasteiger partial charge in [-0.05, 0) is 12.5 Å². The second kappa shape index (κ2) is 4.13. The second-order valence-electron chi connectivity index (χ2n) is 3.18. The Morgan fingerprint density at radius 3 is 2.87 bits per heavy atom. The fourth-order valence-corrected chi connectivity index (χ4v) is 1.33. The highest BCUT2D eigenvalue weighted by molar-refractivity contribution is 5.55. The van der Waals surface area contributed by atoms with E-state index < -0.39 is 0 Å². The van der Waals surface area contributed by atoms with Gasteiger partial charge in [-0.15, -0.1) is 0 Å². The summed E-state index contributed by atoms with van der Waals surface area (Å²) in [5.74, 6) is 1.53. The Bertz CT molecular complexity index is 415. The standard InChI is InChI=1S/C11H13N3O/c1-3-9-6-10(12-2)14-11(13-9)8-4-5-15-7-8/h4-7H,3H2,1-2H3,(H,12,13,14). The lowest BCUT2D eigenvalue weighted by Crippen LogP contribution is -1.99. The highest BCUT2D eigenvalue weighted by atomic mass is 16.3. The zero-order chi connectivity index (χ0) is 10.7. The van der Waals surface area contributed by atoms with Gasteiger partial charge in [0.2, 0.25) is 0 Å². The summed E-state index contributed by atoms with van der Waals surface area (Å²) in [6.07, 6.45) is 4.16. The van der Waals surface area contributed by atoms with Crippen molar-refractivity contribution in [1.82, 2.24) is 9.97 Å². The molecule has 0 aliphatic carbocycles. The van der Waals surface area contributed by atoms with Crippen LogP contribution < -0.4 is 5.32 Å². The SMILES string of the molecule is CCc1cc(NC)nc(-c2ccoc2)n1. The van der Waals surface area contributed by atoms with Crippen molar-refractivity contribution in [2.75, 3.05) is 12.4 Å². The van der Waals surface area contributed by atoms with Crippen LogP contribution in [0.3, 0.4) is 0 Å². The molecule has 0 fully saturated rings. The van der Waals surface area contributed by atoms with E-state index >= 15 is 0 Å². The molecule has 0 saturated heterocycles. The second-order valence-corrected chi connectivity index (χ2v) is 3.18. The van der Waals surface area contributed by atoms with Crippen molar-refractivity contribution in [2.45, 2.75) is 13.3 Å². The predicted octanol–water partition coefficient (Wildman–Crippen LogP) is 2.34. The topological polar surface area (TPSA) is 51.0 Å². The fourth-order valence-electron chi connectivity index (χ4n) is 1.33. The van der Waals surface area contributed by atoms with Gasteiger partial charge in [-0.2, -0.15) is 0 Å². The molecule has 2 aromatic heterocycles. The molecule has 0 atom stereocenters. The van der Waals surface area contributed by atoms with Crippen molar-refractivity contribution in [3.63, 3.8) is 0 Å². The molecule has 1 N–H and O–H groups in total. The molecule has 0 amide bonds. The van der Waals surface area contributed by atoms with E-state index in [1.54, 1.807) is 12.5 Å². The molecule has 78 valence electrons. The Hall–Kier alpha value is -1.84. The number of rotatable bonds is 3. The predicted molar refractivity (Wildman–Crippen MR) is 58.7 cm³/mol. The Balaban J connectivity index is 2.47. The minimum Gasteiger partial charge on any atom is -0.472 e. The summed E-state index contributed by atoms with van der Waals surface area (Å²) in [5, 5.41) is 3.02. The van der Waals surface area contributed by atoms with Crippen LogP contribution in [-0.4, -0.2) is 17.0 Å². The largest absolute Gasteiger partial charge is 0.472 e. The van der Waals surface area contributed by atoms with Crippen LogP contribution in [-0.2, 0) is 6.42 Å². The van der Waals surface area contributed by atoms with Crippen molar-refractivity contribution in [2.24, 2.45) is 0 Å². The number of furan rings is 1. The third kappa shape index (κ3) is 1.98. The number of hydrogen-bond acceptors (Lipinski definition) is 4. The summed E-state index contributed by atoms with van der Waals surface area (Å²) in [5.41, 5.74) is 1.92. The molecule has 0 saturated carbocycles. The van der Waals surface area contributed by atoms with Crippen LogP contribution in [0.2, 0.25) is 0 Å². The van der Waals surface area contributed by atoms with Gasteiger partial charge in [0.1, 0.15) is 12.1 Å². The zero-order valence-corrected chi connectivity index (χ0v) is 8.82. The van der Waals surface area contributed by atoms with Crippen molar-refractivity contribution in [1.29, 1.82) is 0 Å². The first-order valence-corrected chi connectivity index (χ1v) is 4.91. The number of anilines is 1. The van der Waals surface area contributed by atoms with Gasteiger partial charge in [-0.1, -0.05) is 6.92 Å². The van der Waals surface area contributed by atoms with Crippen molar-refractivity contribution < 1.29 is 4.42 Å². The molecule has 2 rings (SSSR count). The first-order chi connectivity index (χ1) is 7.33. The van der Waals surface area contributed by atoms with Gasteiger partial charge in [0.15, 0.2) is 5.82 Å². The maximum Gasteiger partial charge on any atom is 0.164 e. The Morgan fingerprint density at radius 1 is 1.40 bits per heavy atom. The summed E-state index contributed by atoms with van der Waals surface area (Å²) in [6, 6.07) is 3.80. The Morgan fingerprint density at radius 2 is 2.27 bits per heavy atom. The van der Waals surface area contributed by atoms with E-state index in [1.807, 2.05) is 19.2 Å². The molecule has 0 aliphatic heterocycles. The summed E-state index contributed by atoms with van der Waals surface area (Å²) in [7, 11) is 1.85. The van der Waals surface area contributed by atoms with Gasteiger partial charge in [-0.25, -0.2) is 9.97 Å². The number of nitrogens with one attached hydrogen (secondary N) is 1. The lowest BCUT2D eigenvalue weighted by atomic mass is 10.2. The third-order valence-electron chi connectivity index (χ3n) is 2.18. The van der Waals surface area contributed by atoms with Gasteiger partial charge in [0.25, 0.3) is 0 Å². The fraction of sp³-hybridized carbons (Fsp3) is 0.273. The average molecular weight is 203 g/mol. The van der Waals surface area contributed by atoms with Gasteiger partial charge in [-0.3, -0.25) is 0 Å². The van der Waals surface area contributed by atoms with Crippen LogP contribution in [0.25, 0.3) is 11.4 Å². The molecule has 0 aliphatic rings. The molecule has 2 aromatic rings. The van der Waals surface area contributed by atoms with Gasteiger partial charge in [0.05, 0.1) is 11.8 Å². The van der Waals surface area contributed by atoms with E-state index in [9.17, 15) is 0 Å². The molecule has 4 heteroatoms. The molecule has 0 aromatic carbocycles. The smallest absolute Gasteiger partial charge is 0.164 e. The van der Waals surface area contributed by atoms with Crippen LogP contribution >= 0.6 is 0 Å². The molecule has 0 unspecified atom stereocenters. The van der Waals surface area contributed by atoms with E-state index in [-0.39, 0.29) is 0 Å². The Kier molecular flexibility index (Phi) is 2.67. The van der Waals surface area contributed by atoms with Crippen LogP contribution in [0.15, 0.2) is 29.1 Å². The minimum absolute atomic E-state index is 0.701. The molecular weight excluding hydrogens is 190 g/mol. The molecular formula is C11H13N3O. The first-order valence-electron chi connectivity index (χ1n) is 4.91. The number of aryl methyl sites for hydroxylation is 1. The van der Waals surface area contributed by atoms with Gasteiger partial charge < -0.3 is 9.73 Å². The highest BCUT2D eigenvalue weighted by Gasteiger charge is 2.06. The molecule has 15 heavy (non-hydrogen) atoms. The van der Waals surface area contributed by atoms with E-state index in [0.29, 0.717) is 5.82 Å². The summed E-state index contributed by atoms with van der Waals surface area (Å²) in [4.78, 5) is 8.79. The molecule has 2 heterocycles. The summed E-state index contributed by atoms with van der Waals surface area (Å²) < 4.78 is 5.02. The van der Waals surface area contributed by atoms with E-state index in [0.717, 1.165) is 23.5 Å². The van der Waals surface area contributed by atoms with E-state index in [1.165, 1.54) is 0 Å². The van der Waals surface area contributed by atoms with Gasteiger partial charge >= 0.3 is 0 Å². The zero-order valence-electron chi connectivity index (χ0n) is 8.82. The number of nitrogens with zero attached hydrogens (tertiary/aromatic N) is 2. The summed E-state index contributed by atoms with van der Waals surface area (Å²) in [6.45, 7) is 2.07. The average Bonchev–Trinajstić information content (AvgIpc) is 2.81. The van der Waals surface area contributed by atoms with Crippen molar-refractivity contribution in [3.05, 3.63) is 30.4 Å². The van der Waals surface area contributed by atoms with Crippen molar-refractivity contribution in [3.8, 4) is 11.4 Å². The van der Waals surface area contributed by atoms with Crippen LogP contribution in [0, 0.1) is 0 Å². The maximum absolute atomic E-state index is 5.02. The highest BCUT2D eigenvalue weighted by Crippen LogP contribution is 2.18. The quantitative estimate of drug-likeness (QED) is 0.831.